The molecule has 0 saturated carbocycles. The van der Waals surface area contributed by atoms with Gasteiger partial charge in [-0.15, -0.1) is 0 Å². The summed E-state index contributed by atoms with van der Waals surface area (Å²) in [6, 6.07) is 8.42. The van der Waals surface area contributed by atoms with Gasteiger partial charge in [-0.3, -0.25) is 14.6 Å². The van der Waals surface area contributed by atoms with Gasteiger partial charge in [-0.1, -0.05) is 12.1 Å². The van der Waals surface area contributed by atoms with Crippen LogP contribution >= 0.6 is 0 Å². The molecule has 3 rings (SSSR count). The third kappa shape index (κ3) is 4.71. The molecule has 1 aromatic carbocycles. The van der Waals surface area contributed by atoms with Crippen LogP contribution < -0.4 is 4.74 Å². The van der Waals surface area contributed by atoms with Crippen LogP contribution in [0.3, 0.4) is 0 Å². The van der Waals surface area contributed by atoms with Crippen molar-refractivity contribution >= 4 is 5.91 Å². The van der Waals surface area contributed by atoms with Crippen molar-refractivity contribution in [3.63, 3.8) is 0 Å². The molecule has 2 aliphatic rings. The second-order valence-electron chi connectivity index (χ2n) is 6.81. The summed E-state index contributed by atoms with van der Waals surface area (Å²) in [6.07, 6.45) is 0.596. The Balaban J connectivity index is 1.56. The molecule has 2 heterocycles. The monoisotopic (exact) mass is 347 g/mol. The highest BCUT2D eigenvalue weighted by atomic mass is 16.5. The highest BCUT2D eigenvalue weighted by molar-refractivity contribution is 5.76. The van der Waals surface area contributed by atoms with Crippen molar-refractivity contribution in [1.29, 1.82) is 0 Å². The summed E-state index contributed by atoms with van der Waals surface area (Å²) >= 11 is 0. The van der Waals surface area contributed by atoms with Gasteiger partial charge >= 0.3 is 0 Å². The Bertz CT molecular complexity index is 558. The van der Waals surface area contributed by atoms with Crippen LogP contribution in [0.5, 0.6) is 5.75 Å². The number of rotatable bonds is 5. The van der Waals surface area contributed by atoms with Crippen LogP contribution in [-0.4, -0.2) is 87.2 Å². The van der Waals surface area contributed by atoms with Gasteiger partial charge in [-0.25, -0.2) is 0 Å². The van der Waals surface area contributed by atoms with E-state index < -0.39 is 0 Å². The molecular formula is C19H29N3O3. The fraction of sp³-hybridized carbons (Fsp3) is 0.632. The average Bonchev–Trinajstić information content (AvgIpc) is 2.67. The lowest BCUT2D eigenvalue weighted by Crippen LogP contribution is -2.49. The lowest BCUT2D eigenvalue weighted by Gasteiger charge is -2.40. The molecule has 2 fully saturated rings. The maximum absolute atomic E-state index is 12.7. The number of hydrogen-bond acceptors (Lipinski definition) is 5. The quantitative estimate of drug-likeness (QED) is 0.802. The summed E-state index contributed by atoms with van der Waals surface area (Å²) < 4.78 is 10.6. The van der Waals surface area contributed by atoms with Gasteiger partial charge in [-0.05, 0) is 24.7 Å². The molecule has 1 amide bonds. The van der Waals surface area contributed by atoms with Crippen molar-refractivity contribution in [3.05, 3.63) is 29.8 Å². The number of piperazine rings is 1. The maximum Gasteiger partial charge on any atom is 0.223 e. The molecule has 138 valence electrons. The zero-order valence-corrected chi connectivity index (χ0v) is 15.3. The molecule has 2 aliphatic heterocycles. The minimum Gasteiger partial charge on any atom is -0.497 e. The molecule has 6 nitrogen and oxygen atoms in total. The molecule has 1 aromatic rings. The largest absolute Gasteiger partial charge is 0.497 e. The van der Waals surface area contributed by atoms with Crippen LogP contribution in [0.4, 0.5) is 0 Å². The Hall–Kier alpha value is -1.63. The summed E-state index contributed by atoms with van der Waals surface area (Å²) in [5.74, 6) is 1.12. The zero-order valence-electron chi connectivity index (χ0n) is 15.3. The molecule has 0 spiro atoms. The van der Waals surface area contributed by atoms with Crippen molar-refractivity contribution in [2.45, 2.75) is 12.5 Å². The molecule has 0 radical (unpaired) electrons. The number of nitrogens with zero attached hydrogens (tertiary/aromatic N) is 3. The molecule has 1 atom stereocenters. The highest BCUT2D eigenvalue weighted by Gasteiger charge is 2.28. The van der Waals surface area contributed by atoms with Gasteiger partial charge in [0.2, 0.25) is 5.91 Å². The van der Waals surface area contributed by atoms with Crippen LogP contribution in [0.15, 0.2) is 24.3 Å². The number of carbonyl (C=O) groups is 1. The number of carbonyl (C=O) groups excluding carboxylic acids is 1. The number of methoxy groups -OCH3 is 1. The van der Waals surface area contributed by atoms with Crippen molar-refractivity contribution in [2.24, 2.45) is 0 Å². The summed E-state index contributed by atoms with van der Waals surface area (Å²) in [5.41, 5.74) is 1.23. The smallest absolute Gasteiger partial charge is 0.223 e. The molecule has 0 unspecified atom stereocenters. The first-order chi connectivity index (χ1) is 12.2. The van der Waals surface area contributed by atoms with Crippen molar-refractivity contribution in [2.75, 3.05) is 66.6 Å². The van der Waals surface area contributed by atoms with Crippen LogP contribution in [-0.2, 0) is 9.53 Å². The third-order valence-electron chi connectivity index (χ3n) is 5.25. The SMILES string of the molecule is COc1ccc([C@H]2CN(C(=O)CCN3CCOCC3)CCN2C)cc1. The topological polar surface area (TPSA) is 45.3 Å². The van der Waals surface area contributed by atoms with Crippen LogP contribution in [0.1, 0.15) is 18.0 Å². The first kappa shape index (κ1) is 18.2. The second kappa shape index (κ2) is 8.65. The Morgan fingerprint density at radius 2 is 1.88 bits per heavy atom. The first-order valence-electron chi connectivity index (χ1n) is 9.09. The van der Waals surface area contributed by atoms with E-state index in [9.17, 15) is 4.79 Å². The fourth-order valence-corrected chi connectivity index (χ4v) is 3.52. The van der Waals surface area contributed by atoms with E-state index in [2.05, 4.69) is 29.0 Å². The number of amides is 1. The minimum absolute atomic E-state index is 0.243. The van der Waals surface area contributed by atoms with E-state index in [4.69, 9.17) is 9.47 Å². The average molecular weight is 347 g/mol. The van der Waals surface area contributed by atoms with E-state index in [1.807, 2.05) is 17.0 Å². The van der Waals surface area contributed by atoms with Crippen LogP contribution in [0, 0.1) is 0 Å². The second-order valence-corrected chi connectivity index (χ2v) is 6.81. The summed E-state index contributed by atoms with van der Waals surface area (Å²) in [4.78, 5) is 19.3. The summed E-state index contributed by atoms with van der Waals surface area (Å²) in [7, 11) is 3.81. The van der Waals surface area contributed by atoms with Gasteiger partial charge in [-0.2, -0.15) is 0 Å². The van der Waals surface area contributed by atoms with E-state index >= 15 is 0 Å². The lowest BCUT2D eigenvalue weighted by molar-refractivity contribution is -0.134. The van der Waals surface area contributed by atoms with E-state index in [0.29, 0.717) is 6.42 Å². The fourth-order valence-electron chi connectivity index (χ4n) is 3.52. The van der Waals surface area contributed by atoms with Crippen molar-refractivity contribution < 1.29 is 14.3 Å². The van der Waals surface area contributed by atoms with Crippen LogP contribution in [0.2, 0.25) is 0 Å². The molecule has 0 aliphatic carbocycles. The maximum atomic E-state index is 12.7. The number of hydrogen-bond donors (Lipinski definition) is 0. The zero-order chi connectivity index (χ0) is 17.6. The van der Waals surface area contributed by atoms with Gasteiger partial charge < -0.3 is 14.4 Å². The summed E-state index contributed by atoms with van der Waals surface area (Å²) in [5, 5.41) is 0. The van der Waals surface area contributed by atoms with Gasteiger partial charge in [0, 0.05) is 45.7 Å². The van der Waals surface area contributed by atoms with Crippen molar-refractivity contribution in [1.82, 2.24) is 14.7 Å². The molecule has 25 heavy (non-hydrogen) atoms. The molecule has 0 N–H and O–H groups in total. The number of likely N-dealkylation sites (N-methyl/N-ethyl adjacent to an activating group) is 1. The normalized spacial score (nSPS) is 22.8. The molecule has 0 aromatic heterocycles. The van der Waals surface area contributed by atoms with E-state index in [1.54, 1.807) is 7.11 Å². The first-order valence-corrected chi connectivity index (χ1v) is 9.09. The van der Waals surface area contributed by atoms with Gasteiger partial charge in [0.05, 0.1) is 26.4 Å². The number of benzene rings is 1. The third-order valence-corrected chi connectivity index (χ3v) is 5.25. The van der Waals surface area contributed by atoms with Crippen molar-refractivity contribution in [3.8, 4) is 5.75 Å². The molecule has 0 bridgehead atoms. The van der Waals surface area contributed by atoms with Gasteiger partial charge in [0.15, 0.2) is 0 Å². The Morgan fingerprint density at radius 3 is 2.56 bits per heavy atom. The molecule has 6 heteroatoms. The standard InChI is InChI=1S/C19H29N3O3/c1-20-9-10-22(19(23)7-8-21-11-13-25-14-12-21)15-18(20)16-3-5-17(24-2)6-4-16/h3-6,18H,7-15H2,1-2H3/t18-/m1/s1. The van der Waals surface area contributed by atoms with Gasteiger partial charge in [0.1, 0.15) is 5.75 Å². The predicted octanol–water partition coefficient (Wildman–Crippen LogP) is 1.23. The Kier molecular flexibility index (Phi) is 6.29. The van der Waals surface area contributed by atoms with Crippen LogP contribution in [0.25, 0.3) is 0 Å². The van der Waals surface area contributed by atoms with E-state index in [-0.39, 0.29) is 11.9 Å². The van der Waals surface area contributed by atoms with Gasteiger partial charge in [0.25, 0.3) is 0 Å². The minimum atomic E-state index is 0.243. The number of morpholine rings is 1. The predicted molar refractivity (Wildman–Crippen MR) is 96.8 cm³/mol. The highest BCUT2D eigenvalue weighted by Crippen LogP contribution is 2.26. The number of ether oxygens (including phenoxy) is 2. The Labute approximate surface area is 150 Å². The lowest BCUT2D eigenvalue weighted by atomic mass is 10.0. The van der Waals surface area contributed by atoms with E-state index in [0.717, 1.165) is 58.2 Å². The molecule has 2 saturated heterocycles. The van der Waals surface area contributed by atoms with E-state index in [1.165, 1.54) is 5.56 Å². The summed E-state index contributed by atoms with van der Waals surface area (Å²) in [6.45, 7) is 6.73. The Morgan fingerprint density at radius 1 is 1.16 bits per heavy atom. The molecular weight excluding hydrogens is 318 g/mol.